The molecule has 104 valence electrons. The first kappa shape index (κ1) is 12.6. The van der Waals surface area contributed by atoms with Crippen LogP contribution in [-0.2, 0) is 0 Å². The summed E-state index contributed by atoms with van der Waals surface area (Å²) < 4.78 is 0. The summed E-state index contributed by atoms with van der Waals surface area (Å²) in [6, 6.07) is 17.7. The first-order valence-corrected chi connectivity index (χ1v) is 7.92. The molecule has 2 aromatic rings. The van der Waals surface area contributed by atoms with Crippen LogP contribution < -0.4 is 0 Å². The van der Waals surface area contributed by atoms with Gasteiger partial charge in [0.15, 0.2) is 0 Å². The van der Waals surface area contributed by atoms with Gasteiger partial charge in [-0.05, 0) is 28.2 Å². The summed E-state index contributed by atoms with van der Waals surface area (Å²) in [5, 5.41) is 0. The summed E-state index contributed by atoms with van der Waals surface area (Å²) in [6.45, 7) is 2.33. The highest BCUT2D eigenvalue weighted by molar-refractivity contribution is 5.65. The first-order chi connectivity index (χ1) is 10.4. The minimum atomic E-state index is 0.548. The van der Waals surface area contributed by atoms with Gasteiger partial charge in [0.05, 0.1) is 0 Å². The zero-order valence-corrected chi connectivity index (χ0v) is 12.4. The molecule has 0 spiro atoms. The number of hydrogen-bond donors (Lipinski definition) is 0. The van der Waals surface area contributed by atoms with Gasteiger partial charge in [-0.25, -0.2) is 0 Å². The van der Waals surface area contributed by atoms with Crippen molar-refractivity contribution in [3.05, 3.63) is 82.9 Å². The van der Waals surface area contributed by atoms with Crippen molar-refractivity contribution < 1.29 is 0 Å². The van der Waals surface area contributed by atoms with Crippen LogP contribution in [0.1, 0.15) is 47.4 Å². The van der Waals surface area contributed by atoms with Crippen LogP contribution in [0, 0.1) is 5.92 Å². The van der Waals surface area contributed by atoms with E-state index >= 15 is 0 Å². The van der Waals surface area contributed by atoms with E-state index in [1.165, 1.54) is 28.7 Å². The molecule has 21 heavy (non-hydrogen) atoms. The third-order valence-electron chi connectivity index (χ3n) is 5.07. The Bertz CT molecular complexity index is 659. The topological polar surface area (TPSA) is 0 Å². The number of fused-ring (bicyclic) bond motifs is 2. The highest BCUT2D eigenvalue weighted by atomic mass is 14.4. The second kappa shape index (κ2) is 5.04. The van der Waals surface area contributed by atoms with Crippen LogP contribution in [-0.4, -0.2) is 0 Å². The quantitative estimate of drug-likeness (QED) is 0.679. The van der Waals surface area contributed by atoms with Crippen LogP contribution in [0.2, 0.25) is 0 Å². The smallest absolute Gasteiger partial charge is 0.00642 e. The van der Waals surface area contributed by atoms with Crippen molar-refractivity contribution in [1.29, 1.82) is 0 Å². The number of hydrogen-bond acceptors (Lipinski definition) is 0. The third-order valence-corrected chi connectivity index (χ3v) is 5.07. The second-order valence-electron chi connectivity index (χ2n) is 6.10. The molecule has 0 fully saturated rings. The zero-order valence-electron chi connectivity index (χ0n) is 12.4. The molecule has 0 nitrogen and oxygen atoms in total. The van der Waals surface area contributed by atoms with Gasteiger partial charge in [0.25, 0.3) is 0 Å². The molecule has 2 aliphatic rings. The van der Waals surface area contributed by atoms with Gasteiger partial charge in [-0.3, -0.25) is 0 Å². The predicted octanol–water partition coefficient (Wildman–Crippen LogP) is 5.63. The largest absolute Gasteiger partial charge is 0.0761 e. The number of allylic oxidation sites excluding steroid dienone is 2. The SMILES string of the molecule is CCC(C1C=Cc2ccccc21)C1C=Cc2ccccc21. The molecule has 2 atom stereocenters. The Morgan fingerprint density at radius 3 is 1.71 bits per heavy atom. The summed E-state index contributed by atoms with van der Waals surface area (Å²) in [6.07, 6.45) is 10.6. The third kappa shape index (κ3) is 1.98. The number of rotatable bonds is 3. The fraction of sp³-hybridized carbons (Fsp3) is 0.238. The molecule has 0 bridgehead atoms. The van der Waals surface area contributed by atoms with Gasteiger partial charge in [0.2, 0.25) is 0 Å². The van der Waals surface area contributed by atoms with Gasteiger partial charge >= 0.3 is 0 Å². The van der Waals surface area contributed by atoms with Gasteiger partial charge in [0.1, 0.15) is 0 Å². The highest BCUT2D eigenvalue weighted by Crippen LogP contribution is 2.46. The Labute approximate surface area is 126 Å². The molecule has 0 saturated carbocycles. The fourth-order valence-electron chi connectivity index (χ4n) is 4.03. The van der Waals surface area contributed by atoms with Crippen molar-refractivity contribution in [2.45, 2.75) is 25.2 Å². The molecule has 2 aromatic carbocycles. The average Bonchev–Trinajstić information content (AvgIpc) is 3.14. The van der Waals surface area contributed by atoms with Crippen LogP contribution in [0.5, 0.6) is 0 Å². The lowest BCUT2D eigenvalue weighted by atomic mass is 9.75. The van der Waals surface area contributed by atoms with E-state index in [-0.39, 0.29) is 0 Å². The normalized spacial score (nSPS) is 23.1. The molecule has 0 aromatic heterocycles. The molecule has 0 heterocycles. The maximum absolute atomic E-state index is 2.41. The summed E-state index contributed by atoms with van der Waals surface area (Å²) in [7, 11) is 0. The lowest BCUT2D eigenvalue weighted by Crippen LogP contribution is -2.16. The van der Waals surface area contributed by atoms with Crippen LogP contribution in [0.25, 0.3) is 12.2 Å². The summed E-state index contributed by atoms with van der Waals surface area (Å²) >= 11 is 0. The van der Waals surface area contributed by atoms with Crippen molar-refractivity contribution in [3.63, 3.8) is 0 Å². The van der Waals surface area contributed by atoms with Gasteiger partial charge in [-0.2, -0.15) is 0 Å². The van der Waals surface area contributed by atoms with Crippen molar-refractivity contribution in [3.8, 4) is 0 Å². The van der Waals surface area contributed by atoms with Gasteiger partial charge in [-0.15, -0.1) is 0 Å². The predicted molar refractivity (Wildman–Crippen MR) is 90.2 cm³/mol. The minimum Gasteiger partial charge on any atom is -0.0761 e. The molecule has 2 unspecified atom stereocenters. The molecule has 0 N–H and O–H groups in total. The molecule has 0 aliphatic heterocycles. The van der Waals surface area contributed by atoms with Crippen molar-refractivity contribution in [2.75, 3.05) is 0 Å². The number of benzene rings is 2. The van der Waals surface area contributed by atoms with Crippen LogP contribution >= 0.6 is 0 Å². The van der Waals surface area contributed by atoms with E-state index < -0.39 is 0 Å². The lowest BCUT2D eigenvalue weighted by Gasteiger charge is -2.28. The fourth-order valence-corrected chi connectivity index (χ4v) is 4.03. The average molecular weight is 272 g/mol. The van der Waals surface area contributed by atoms with E-state index in [9.17, 15) is 0 Å². The summed E-state index contributed by atoms with van der Waals surface area (Å²) in [5.74, 6) is 1.74. The zero-order chi connectivity index (χ0) is 14.2. The monoisotopic (exact) mass is 272 g/mol. The molecule has 4 rings (SSSR count). The minimum absolute atomic E-state index is 0.548. The maximum Gasteiger partial charge on any atom is 0.00642 e. The van der Waals surface area contributed by atoms with Gasteiger partial charge < -0.3 is 0 Å². The molecule has 0 radical (unpaired) electrons. The standard InChI is InChI=1S/C21H20/c1-2-17(20-13-11-15-7-3-5-9-18(15)20)21-14-12-16-8-4-6-10-19(16)21/h3-14,17,20-21H,2H2,1H3. The van der Waals surface area contributed by atoms with E-state index in [1.807, 2.05) is 0 Å². The molecule has 2 aliphatic carbocycles. The van der Waals surface area contributed by atoms with Gasteiger partial charge in [0, 0.05) is 11.8 Å². The summed E-state index contributed by atoms with van der Waals surface area (Å²) in [4.78, 5) is 0. The maximum atomic E-state index is 2.41. The van der Waals surface area contributed by atoms with E-state index in [1.54, 1.807) is 0 Å². The van der Waals surface area contributed by atoms with Crippen LogP contribution in [0.15, 0.2) is 60.7 Å². The Kier molecular flexibility index (Phi) is 3.03. The van der Waals surface area contributed by atoms with Crippen molar-refractivity contribution in [2.24, 2.45) is 5.92 Å². The van der Waals surface area contributed by atoms with Gasteiger partial charge in [-0.1, -0.05) is 86.2 Å². The van der Waals surface area contributed by atoms with Crippen molar-refractivity contribution >= 4 is 12.2 Å². The van der Waals surface area contributed by atoms with E-state index in [2.05, 4.69) is 79.8 Å². The second-order valence-corrected chi connectivity index (χ2v) is 6.10. The Morgan fingerprint density at radius 1 is 0.762 bits per heavy atom. The Balaban J connectivity index is 1.72. The first-order valence-electron chi connectivity index (χ1n) is 7.92. The molecule has 0 saturated heterocycles. The molecule has 0 amide bonds. The molecule has 0 heteroatoms. The molecular formula is C21H20. The summed E-state index contributed by atoms with van der Waals surface area (Å²) in [5.41, 5.74) is 5.80. The van der Waals surface area contributed by atoms with Crippen LogP contribution in [0.3, 0.4) is 0 Å². The van der Waals surface area contributed by atoms with Crippen molar-refractivity contribution in [1.82, 2.24) is 0 Å². The Hall–Kier alpha value is -2.08. The van der Waals surface area contributed by atoms with Crippen LogP contribution in [0.4, 0.5) is 0 Å². The van der Waals surface area contributed by atoms with E-state index in [4.69, 9.17) is 0 Å². The Morgan fingerprint density at radius 2 is 1.24 bits per heavy atom. The van der Waals surface area contributed by atoms with E-state index in [0.717, 1.165) is 0 Å². The highest BCUT2D eigenvalue weighted by Gasteiger charge is 2.32. The molecular weight excluding hydrogens is 252 g/mol. The lowest BCUT2D eigenvalue weighted by molar-refractivity contribution is 0.425. The van der Waals surface area contributed by atoms with E-state index in [0.29, 0.717) is 17.8 Å².